The van der Waals surface area contributed by atoms with E-state index in [1.54, 1.807) is 6.20 Å². The Hall–Kier alpha value is -2.62. The summed E-state index contributed by atoms with van der Waals surface area (Å²) >= 11 is 0. The smallest absolute Gasteiger partial charge is 0.212 e. The molecule has 2 N–H and O–H groups in total. The van der Waals surface area contributed by atoms with E-state index in [0.29, 0.717) is 12.2 Å². The van der Waals surface area contributed by atoms with Crippen LogP contribution >= 0.6 is 0 Å². The molecule has 1 aromatic heterocycles. The third kappa shape index (κ3) is 2.28. The molecular formula is C16H15N3O. The number of carbonyl (C=O) groups excluding carboxylic acids is 1. The van der Waals surface area contributed by atoms with Gasteiger partial charge < -0.3 is 10.6 Å². The number of nitrogens with zero attached hydrogens (tertiary/aromatic N) is 1. The van der Waals surface area contributed by atoms with Crippen LogP contribution in [0.2, 0.25) is 0 Å². The van der Waals surface area contributed by atoms with Gasteiger partial charge in [-0.3, -0.25) is 4.79 Å². The van der Waals surface area contributed by atoms with Gasteiger partial charge in [0, 0.05) is 18.1 Å². The number of hydrogen-bond donors (Lipinski definition) is 2. The Bertz CT molecular complexity index is 732. The van der Waals surface area contributed by atoms with E-state index < -0.39 is 0 Å². The molecule has 1 aliphatic rings. The average molecular weight is 265 g/mol. The van der Waals surface area contributed by atoms with Gasteiger partial charge in [0.2, 0.25) is 6.41 Å². The SMILES string of the molecule is CC1=C(c2ccc3cc(NC=O)ncc3c2)CNC=C1. The Labute approximate surface area is 117 Å². The van der Waals surface area contributed by atoms with Crippen LogP contribution in [0.5, 0.6) is 0 Å². The molecule has 0 bridgehead atoms. The summed E-state index contributed by atoms with van der Waals surface area (Å²) in [5.41, 5.74) is 3.77. The van der Waals surface area contributed by atoms with Gasteiger partial charge in [-0.2, -0.15) is 0 Å². The van der Waals surface area contributed by atoms with E-state index in [4.69, 9.17) is 0 Å². The first-order chi connectivity index (χ1) is 9.78. The summed E-state index contributed by atoms with van der Waals surface area (Å²) in [7, 11) is 0. The topological polar surface area (TPSA) is 54.0 Å². The van der Waals surface area contributed by atoms with Crippen molar-refractivity contribution < 1.29 is 4.79 Å². The molecule has 0 spiro atoms. The molecular weight excluding hydrogens is 250 g/mol. The van der Waals surface area contributed by atoms with Crippen molar-refractivity contribution in [3.05, 3.63) is 53.9 Å². The summed E-state index contributed by atoms with van der Waals surface area (Å²) in [5, 5.41) is 7.92. The maximum Gasteiger partial charge on any atom is 0.212 e. The van der Waals surface area contributed by atoms with Crippen LogP contribution in [-0.2, 0) is 4.79 Å². The van der Waals surface area contributed by atoms with E-state index in [1.165, 1.54) is 16.7 Å². The number of anilines is 1. The second kappa shape index (κ2) is 5.17. The Morgan fingerprint density at radius 2 is 2.20 bits per heavy atom. The zero-order valence-corrected chi connectivity index (χ0v) is 11.2. The number of aromatic nitrogens is 1. The number of dihydropyridines is 1. The number of carbonyl (C=O) groups is 1. The summed E-state index contributed by atoms with van der Waals surface area (Å²) in [6.07, 6.45) is 6.47. The first-order valence-corrected chi connectivity index (χ1v) is 6.48. The highest BCUT2D eigenvalue weighted by Gasteiger charge is 2.08. The lowest BCUT2D eigenvalue weighted by Gasteiger charge is -2.15. The highest BCUT2D eigenvalue weighted by molar-refractivity contribution is 5.89. The molecule has 100 valence electrons. The Balaban J connectivity index is 2.05. The van der Waals surface area contributed by atoms with Crippen molar-refractivity contribution in [2.75, 3.05) is 11.9 Å². The molecule has 1 aliphatic heterocycles. The lowest BCUT2D eigenvalue weighted by atomic mass is 9.97. The van der Waals surface area contributed by atoms with Crippen LogP contribution in [0.3, 0.4) is 0 Å². The van der Waals surface area contributed by atoms with Crippen LogP contribution in [0.15, 0.2) is 48.3 Å². The third-order valence-electron chi connectivity index (χ3n) is 3.48. The molecule has 0 aliphatic carbocycles. The van der Waals surface area contributed by atoms with E-state index in [1.807, 2.05) is 12.3 Å². The molecule has 4 heteroatoms. The van der Waals surface area contributed by atoms with Gasteiger partial charge in [-0.05, 0) is 53.4 Å². The molecule has 20 heavy (non-hydrogen) atoms. The summed E-state index contributed by atoms with van der Waals surface area (Å²) in [5.74, 6) is 0.568. The second-order valence-electron chi connectivity index (χ2n) is 4.77. The molecule has 1 aromatic carbocycles. The summed E-state index contributed by atoms with van der Waals surface area (Å²) in [6, 6.07) is 8.16. The fraction of sp³-hybridized carbons (Fsp3) is 0.125. The molecule has 0 radical (unpaired) electrons. The number of allylic oxidation sites excluding steroid dienone is 2. The predicted octanol–water partition coefficient (Wildman–Crippen LogP) is 2.69. The standard InChI is InChI=1S/C16H15N3O/c1-11-4-5-17-9-15(11)13-3-2-12-7-16(19-10-20)18-8-14(12)6-13/h2-8,10,17H,9H2,1H3,(H,18,19,20). The van der Waals surface area contributed by atoms with Crippen LogP contribution in [0.25, 0.3) is 16.3 Å². The van der Waals surface area contributed by atoms with E-state index in [9.17, 15) is 4.79 Å². The maximum absolute atomic E-state index is 10.4. The van der Waals surface area contributed by atoms with Gasteiger partial charge in [-0.15, -0.1) is 0 Å². The number of fused-ring (bicyclic) bond motifs is 1. The number of nitrogens with one attached hydrogen (secondary N) is 2. The van der Waals surface area contributed by atoms with Crippen LogP contribution in [0.1, 0.15) is 12.5 Å². The summed E-state index contributed by atoms with van der Waals surface area (Å²) < 4.78 is 0. The van der Waals surface area contributed by atoms with Gasteiger partial charge in [-0.1, -0.05) is 12.1 Å². The number of rotatable bonds is 3. The number of amides is 1. The minimum atomic E-state index is 0.568. The molecule has 0 saturated heterocycles. The Morgan fingerprint density at radius 1 is 1.30 bits per heavy atom. The molecule has 1 amide bonds. The van der Waals surface area contributed by atoms with Crippen LogP contribution in [-0.4, -0.2) is 17.9 Å². The lowest BCUT2D eigenvalue weighted by molar-refractivity contribution is -0.105. The molecule has 0 unspecified atom stereocenters. The van der Waals surface area contributed by atoms with Crippen molar-refractivity contribution >= 4 is 28.6 Å². The second-order valence-corrected chi connectivity index (χ2v) is 4.77. The predicted molar refractivity (Wildman–Crippen MR) is 81.2 cm³/mol. The summed E-state index contributed by atoms with van der Waals surface area (Å²) in [4.78, 5) is 14.7. The van der Waals surface area contributed by atoms with Gasteiger partial charge in [-0.25, -0.2) is 4.98 Å². The quantitative estimate of drug-likeness (QED) is 0.839. The Kier molecular flexibility index (Phi) is 3.21. The largest absolute Gasteiger partial charge is 0.387 e. The monoisotopic (exact) mass is 265 g/mol. The van der Waals surface area contributed by atoms with Gasteiger partial charge in [0.25, 0.3) is 0 Å². The zero-order chi connectivity index (χ0) is 13.9. The minimum absolute atomic E-state index is 0.568. The van der Waals surface area contributed by atoms with Crippen molar-refractivity contribution in [1.82, 2.24) is 10.3 Å². The number of pyridine rings is 1. The fourth-order valence-corrected chi connectivity index (χ4v) is 2.38. The van der Waals surface area contributed by atoms with Gasteiger partial charge in [0.1, 0.15) is 5.82 Å². The molecule has 4 nitrogen and oxygen atoms in total. The van der Waals surface area contributed by atoms with E-state index in [0.717, 1.165) is 17.3 Å². The van der Waals surface area contributed by atoms with Crippen molar-refractivity contribution in [3.63, 3.8) is 0 Å². The number of benzene rings is 1. The van der Waals surface area contributed by atoms with Crippen molar-refractivity contribution in [2.24, 2.45) is 0 Å². The van der Waals surface area contributed by atoms with Crippen molar-refractivity contribution in [2.45, 2.75) is 6.92 Å². The summed E-state index contributed by atoms with van der Waals surface area (Å²) in [6.45, 7) is 2.96. The molecule has 2 aromatic rings. The third-order valence-corrected chi connectivity index (χ3v) is 3.48. The number of hydrogen-bond acceptors (Lipinski definition) is 3. The van der Waals surface area contributed by atoms with Crippen LogP contribution in [0, 0.1) is 0 Å². The van der Waals surface area contributed by atoms with Crippen molar-refractivity contribution in [1.29, 1.82) is 0 Å². The zero-order valence-electron chi connectivity index (χ0n) is 11.2. The molecule has 2 heterocycles. The van der Waals surface area contributed by atoms with Gasteiger partial charge in [0.15, 0.2) is 0 Å². The van der Waals surface area contributed by atoms with E-state index in [2.05, 4.69) is 46.8 Å². The van der Waals surface area contributed by atoms with Gasteiger partial charge >= 0.3 is 0 Å². The van der Waals surface area contributed by atoms with Crippen LogP contribution < -0.4 is 10.6 Å². The van der Waals surface area contributed by atoms with Crippen LogP contribution in [0.4, 0.5) is 5.82 Å². The highest BCUT2D eigenvalue weighted by atomic mass is 16.1. The first-order valence-electron chi connectivity index (χ1n) is 6.48. The minimum Gasteiger partial charge on any atom is -0.387 e. The first kappa shape index (κ1) is 12.4. The van der Waals surface area contributed by atoms with Gasteiger partial charge in [0.05, 0.1) is 0 Å². The van der Waals surface area contributed by atoms with Crippen molar-refractivity contribution in [3.8, 4) is 0 Å². The molecule has 0 saturated carbocycles. The maximum atomic E-state index is 10.4. The normalized spacial score (nSPS) is 14.2. The lowest BCUT2D eigenvalue weighted by Crippen LogP contribution is -2.13. The Morgan fingerprint density at radius 3 is 3.00 bits per heavy atom. The fourth-order valence-electron chi connectivity index (χ4n) is 2.38. The molecule has 0 atom stereocenters. The molecule has 3 rings (SSSR count). The molecule has 0 fully saturated rings. The van der Waals surface area contributed by atoms with E-state index >= 15 is 0 Å². The highest BCUT2D eigenvalue weighted by Crippen LogP contribution is 2.25. The average Bonchev–Trinajstić information content (AvgIpc) is 2.48. The van der Waals surface area contributed by atoms with E-state index in [-0.39, 0.29) is 0 Å².